The first-order valence-electron chi connectivity index (χ1n) is 9.50. The molecule has 144 valence electrons. The predicted octanol–water partition coefficient (Wildman–Crippen LogP) is 4.23. The van der Waals surface area contributed by atoms with Crippen LogP contribution in [0, 0.1) is 6.92 Å². The predicted molar refractivity (Wildman–Crippen MR) is 113 cm³/mol. The lowest BCUT2D eigenvalue weighted by Crippen LogP contribution is -2.30. The zero-order valence-electron chi connectivity index (χ0n) is 16.9. The first-order chi connectivity index (χ1) is 14.2. The van der Waals surface area contributed by atoms with Gasteiger partial charge in [0.25, 0.3) is 0 Å². The average Bonchev–Trinajstić information content (AvgIpc) is 2.79. The van der Waals surface area contributed by atoms with Crippen LogP contribution in [-0.4, -0.2) is 14.2 Å². The van der Waals surface area contributed by atoms with Crippen molar-refractivity contribution in [2.45, 2.75) is 6.92 Å². The second-order valence-corrected chi connectivity index (χ2v) is 6.86. The Morgan fingerprint density at radius 2 is 1.21 bits per heavy atom. The molecule has 29 heavy (non-hydrogen) atoms. The van der Waals surface area contributed by atoms with Crippen molar-refractivity contribution in [3.63, 3.8) is 0 Å². The molecule has 0 bridgehead atoms. The molecule has 0 unspecified atom stereocenters. The molecule has 4 nitrogen and oxygen atoms in total. The molecule has 2 aromatic heterocycles. The summed E-state index contributed by atoms with van der Waals surface area (Å²) in [6, 6.07) is 22.7. The summed E-state index contributed by atoms with van der Waals surface area (Å²) in [5.41, 5.74) is 5.58. The third kappa shape index (κ3) is 3.97. The monoisotopic (exact) mass is 384 g/mol. The van der Waals surface area contributed by atoms with Crippen LogP contribution in [0.1, 0.15) is 5.56 Å². The molecule has 0 N–H and O–H groups in total. The van der Waals surface area contributed by atoms with Gasteiger partial charge in [-0.25, -0.2) is 0 Å². The highest BCUT2D eigenvalue weighted by atomic mass is 16.5. The third-order valence-electron chi connectivity index (χ3n) is 4.99. The zero-order chi connectivity index (χ0) is 20.2. The Morgan fingerprint density at radius 3 is 1.83 bits per heavy atom. The topological polar surface area (TPSA) is 26.2 Å². The van der Waals surface area contributed by atoms with E-state index in [-0.39, 0.29) is 0 Å². The summed E-state index contributed by atoms with van der Waals surface area (Å²) in [5, 5.41) is 0. The summed E-state index contributed by atoms with van der Waals surface area (Å²) in [5.74, 6) is 1.68. The minimum atomic E-state index is 0.829. The van der Waals surface area contributed by atoms with Gasteiger partial charge in [-0.05, 0) is 24.6 Å². The van der Waals surface area contributed by atoms with Gasteiger partial charge < -0.3 is 9.47 Å². The van der Waals surface area contributed by atoms with Crippen LogP contribution in [0.15, 0.2) is 91.5 Å². The highest BCUT2D eigenvalue weighted by molar-refractivity contribution is 5.68. The van der Waals surface area contributed by atoms with Gasteiger partial charge in [0.1, 0.15) is 5.75 Å². The molecule has 0 aliphatic heterocycles. The summed E-state index contributed by atoms with van der Waals surface area (Å²) in [6.07, 6.45) is 8.19. The summed E-state index contributed by atoms with van der Waals surface area (Å²) in [7, 11) is 3.38. The van der Waals surface area contributed by atoms with Crippen LogP contribution in [0.5, 0.6) is 11.5 Å². The number of benzene rings is 2. The first kappa shape index (κ1) is 18.7. The summed E-state index contributed by atoms with van der Waals surface area (Å²) < 4.78 is 15.1. The largest absolute Gasteiger partial charge is 0.497 e. The van der Waals surface area contributed by atoms with Crippen LogP contribution < -0.4 is 18.6 Å². The molecular weight excluding hydrogens is 360 g/mol. The molecule has 0 atom stereocenters. The van der Waals surface area contributed by atoms with E-state index in [1.165, 1.54) is 5.56 Å². The van der Waals surface area contributed by atoms with Crippen LogP contribution in [-0.2, 0) is 0 Å². The van der Waals surface area contributed by atoms with Gasteiger partial charge in [-0.15, -0.1) is 0 Å². The number of nitrogens with zero attached hydrogens (tertiary/aromatic N) is 2. The minimum Gasteiger partial charge on any atom is -0.497 e. The fourth-order valence-electron chi connectivity index (χ4n) is 3.29. The quantitative estimate of drug-likeness (QED) is 0.481. The van der Waals surface area contributed by atoms with E-state index < -0.39 is 0 Å². The molecule has 4 aromatic rings. The maximum Gasteiger partial charge on any atom is 0.217 e. The number of pyridine rings is 2. The van der Waals surface area contributed by atoms with E-state index in [0.29, 0.717) is 0 Å². The fraction of sp³-hybridized carbons (Fsp3) is 0.120. The van der Waals surface area contributed by atoms with Gasteiger partial charge in [0, 0.05) is 48.0 Å². The molecule has 0 spiro atoms. The molecule has 0 saturated heterocycles. The fourth-order valence-corrected chi connectivity index (χ4v) is 3.29. The lowest BCUT2D eigenvalue weighted by Gasteiger charge is -2.07. The van der Waals surface area contributed by atoms with E-state index in [9.17, 15) is 0 Å². The molecular formula is C25H24N2O2+2. The SMILES string of the molecule is COc1ccc(-[n+]2ccc(-c3cc[n+](-c4ccc(C)cc4)cc3OC)cc2)cc1. The van der Waals surface area contributed by atoms with Crippen LogP contribution in [0.25, 0.3) is 22.5 Å². The van der Waals surface area contributed by atoms with Crippen molar-refractivity contribution in [3.05, 3.63) is 97.1 Å². The number of aromatic nitrogens is 2. The number of hydrogen-bond acceptors (Lipinski definition) is 2. The zero-order valence-corrected chi connectivity index (χ0v) is 16.9. The Morgan fingerprint density at radius 1 is 0.621 bits per heavy atom. The van der Waals surface area contributed by atoms with Crippen LogP contribution >= 0.6 is 0 Å². The van der Waals surface area contributed by atoms with Gasteiger partial charge in [0.05, 0.1) is 14.2 Å². The van der Waals surface area contributed by atoms with Crippen molar-refractivity contribution in [2.24, 2.45) is 0 Å². The second kappa shape index (κ2) is 8.15. The van der Waals surface area contributed by atoms with Crippen molar-refractivity contribution in [1.82, 2.24) is 0 Å². The molecule has 2 aromatic carbocycles. The van der Waals surface area contributed by atoms with E-state index in [4.69, 9.17) is 9.47 Å². The normalized spacial score (nSPS) is 10.6. The molecule has 0 amide bonds. The molecule has 4 heteroatoms. The Hall–Kier alpha value is -3.66. The van der Waals surface area contributed by atoms with Gasteiger partial charge in [-0.1, -0.05) is 17.7 Å². The van der Waals surface area contributed by atoms with Crippen LogP contribution in [0.4, 0.5) is 0 Å². The summed E-state index contributed by atoms with van der Waals surface area (Å²) in [4.78, 5) is 0. The van der Waals surface area contributed by atoms with Crippen LogP contribution in [0.2, 0.25) is 0 Å². The second-order valence-electron chi connectivity index (χ2n) is 6.86. The van der Waals surface area contributed by atoms with E-state index >= 15 is 0 Å². The van der Waals surface area contributed by atoms with Gasteiger partial charge in [-0.2, -0.15) is 9.13 Å². The molecule has 2 heterocycles. The minimum absolute atomic E-state index is 0.829. The highest BCUT2D eigenvalue weighted by Gasteiger charge is 2.15. The van der Waals surface area contributed by atoms with Crippen molar-refractivity contribution in [2.75, 3.05) is 14.2 Å². The maximum atomic E-state index is 5.68. The van der Waals surface area contributed by atoms with E-state index in [1.54, 1.807) is 14.2 Å². The summed E-state index contributed by atoms with van der Waals surface area (Å²) in [6.45, 7) is 2.09. The molecule has 0 radical (unpaired) electrons. The molecule has 0 fully saturated rings. The van der Waals surface area contributed by atoms with Crippen LogP contribution in [0.3, 0.4) is 0 Å². The number of ether oxygens (including phenoxy) is 2. The van der Waals surface area contributed by atoms with Gasteiger partial charge in [0.15, 0.2) is 24.3 Å². The Balaban J connectivity index is 1.64. The smallest absolute Gasteiger partial charge is 0.217 e. The molecule has 0 aliphatic rings. The van der Waals surface area contributed by atoms with Gasteiger partial charge >= 0.3 is 0 Å². The highest BCUT2D eigenvalue weighted by Crippen LogP contribution is 2.28. The number of hydrogen-bond donors (Lipinski definition) is 0. The Labute approximate surface area is 171 Å². The number of aryl methyl sites for hydroxylation is 1. The average molecular weight is 384 g/mol. The van der Waals surface area contributed by atoms with Crippen molar-refractivity contribution in [1.29, 1.82) is 0 Å². The third-order valence-corrected chi connectivity index (χ3v) is 4.99. The molecule has 0 saturated carbocycles. The van der Waals surface area contributed by atoms with E-state index in [1.807, 2.05) is 30.5 Å². The molecule has 4 rings (SSSR count). The van der Waals surface area contributed by atoms with Crippen molar-refractivity contribution in [3.8, 4) is 34.0 Å². The standard InChI is InChI=1S/C25H24N2O2/c1-19-4-6-22(7-5-19)27-17-14-24(25(18-27)29-3)20-12-15-26(16-13-20)21-8-10-23(28-2)11-9-21/h4-18H,1-3H3/q+2. The van der Waals surface area contributed by atoms with E-state index in [0.717, 1.165) is 34.0 Å². The number of methoxy groups -OCH3 is 2. The first-order valence-corrected chi connectivity index (χ1v) is 9.50. The lowest BCUT2D eigenvalue weighted by atomic mass is 10.1. The van der Waals surface area contributed by atoms with E-state index in [2.05, 4.69) is 77.1 Å². The van der Waals surface area contributed by atoms with Crippen molar-refractivity contribution >= 4 is 0 Å². The molecule has 0 aliphatic carbocycles. The van der Waals surface area contributed by atoms with Gasteiger partial charge in [0.2, 0.25) is 17.6 Å². The maximum absolute atomic E-state index is 5.68. The number of rotatable bonds is 5. The summed E-state index contributed by atoms with van der Waals surface area (Å²) >= 11 is 0. The van der Waals surface area contributed by atoms with Gasteiger partial charge in [-0.3, -0.25) is 0 Å². The van der Waals surface area contributed by atoms with Crippen molar-refractivity contribution < 1.29 is 18.6 Å². The Kier molecular flexibility index (Phi) is 5.25. The lowest BCUT2D eigenvalue weighted by molar-refractivity contribution is -0.596. The Bertz CT molecular complexity index is 1100.